The van der Waals surface area contributed by atoms with Crippen molar-refractivity contribution in [1.29, 1.82) is 5.26 Å². The van der Waals surface area contributed by atoms with Crippen LogP contribution >= 0.6 is 0 Å². The van der Waals surface area contributed by atoms with Crippen LogP contribution < -0.4 is 11.1 Å². The monoisotopic (exact) mass is 284 g/mol. The predicted octanol–water partition coefficient (Wildman–Crippen LogP) is 2.01. The number of nitro groups is 1. The fourth-order valence-electron chi connectivity index (χ4n) is 1.75. The van der Waals surface area contributed by atoms with E-state index in [1.807, 2.05) is 13.0 Å². The molecule has 0 aliphatic rings. The summed E-state index contributed by atoms with van der Waals surface area (Å²) in [5.41, 5.74) is 6.59. The van der Waals surface area contributed by atoms with Crippen molar-refractivity contribution in [2.24, 2.45) is 0 Å². The van der Waals surface area contributed by atoms with Crippen molar-refractivity contribution in [2.75, 3.05) is 11.1 Å². The normalized spacial score (nSPS) is 11.4. The van der Waals surface area contributed by atoms with Gasteiger partial charge in [0, 0.05) is 0 Å². The van der Waals surface area contributed by atoms with Crippen molar-refractivity contribution in [3.05, 3.63) is 51.7 Å². The van der Waals surface area contributed by atoms with Crippen LogP contribution in [0.2, 0.25) is 0 Å². The lowest BCUT2D eigenvalue weighted by Crippen LogP contribution is -2.11. The Bertz CT molecular complexity index is 725. The third-order valence-corrected chi connectivity index (χ3v) is 2.86. The Labute approximate surface area is 120 Å². The number of nitriles is 1. The highest BCUT2D eigenvalue weighted by Crippen LogP contribution is 2.22. The summed E-state index contributed by atoms with van der Waals surface area (Å²) in [5, 5.41) is 22.5. The molecule has 2 rings (SSSR count). The van der Waals surface area contributed by atoms with Gasteiger partial charge in [-0.25, -0.2) is 4.98 Å². The topological polar surface area (TPSA) is 131 Å². The summed E-state index contributed by atoms with van der Waals surface area (Å²) in [6, 6.07) is 8.96. The molecule has 0 fully saturated rings. The minimum atomic E-state index is -0.640. The Kier molecular flexibility index (Phi) is 3.95. The second-order valence-corrected chi connectivity index (χ2v) is 4.32. The van der Waals surface area contributed by atoms with Gasteiger partial charge in [-0.3, -0.25) is 10.1 Å². The van der Waals surface area contributed by atoms with Gasteiger partial charge in [0.15, 0.2) is 0 Å². The number of anilines is 2. The van der Waals surface area contributed by atoms with Gasteiger partial charge in [-0.15, -0.1) is 0 Å². The summed E-state index contributed by atoms with van der Waals surface area (Å²) in [6.07, 6.45) is 1.06. The van der Waals surface area contributed by atoms with Crippen LogP contribution in [0.5, 0.6) is 0 Å². The first-order valence-electron chi connectivity index (χ1n) is 6.04. The molecule has 0 spiro atoms. The van der Waals surface area contributed by atoms with E-state index in [0.717, 1.165) is 11.8 Å². The molecule has 0 aliphatic heterocycles. The van der Waals surface area contributed by atoms with E-state index in [-0.39, 0.29) is 23.5 Å². The zero-order chi connectivity index (χ0) is 15.4. The van der Waals surface area contributed by atoms with Gasteiger partial charge >= 0.3 is 5.69 Å². The molecule has 0 radical (unpaired) electrons. The smallest absolute Gasteiger partial charge is 0.329 e. The molecule has 1 atom stereocenters. The zero-order valence-corrected chi connectivity index (χ0v) is 11.1. The molecule has 1 aromatic carbocycles. The summed E-state index contributed by atoms with van der Waals surface area (Å²) in [7, 11) is 0. The van der Waals surface area contributed by atoms with E-state index in [1.54, 1.807) is 18.2 Å². The summed E-state index contributed by atoms with van der Waals surface area (Å²) in [4.78, 5) is 17.7. The maximum atomic E-state index is 10.6. The van der Waals surface area contributed by atoms with E-state index < -0.39 is 4.92 Å². The summed E-state index contributed by atoms with van der Waals surface area (Å²) in [6.45, 7) is 1.86. The first kappa shape index (κ1) is 14.2. The van der Waals surface area contributed by atoms with Crippen LogP contribution in [0, 0.1) is 21.4 Å². The Morgan fingerprint density at radius 1 is 1.52 bits per heavy atom. The first-order chi connectivity index (χ1) is 10.0. The number of nitrogens with zero attached hydrogens (tertiary/aromatic N) is 4. The van der Waals surface area contributed by atoms with Crippen molar-refractivity contribution in [1.82, 2.24) is 9.97 Å². The summed E-state index contributed by atoms with van der Waals surface area (Å²) < 4.78 is 0. The largest absolute Gasteiger partial charge is 0.378 e. The maximum Gasteiger partial charge on any atom is 0.329 e. The van der Waals surface area contributed by atoms with Crippen molar-refractivity contribution in [2.45, 2.75) is 13.0 Å². The third-order valence-electron chi connectivity index (χ3n) is 2.86. The van der Waals surface area contributed by atoms with Gasteiger partial charge in [0.1, 0.15) is 6.20 Å². The number of aromatic nitrogens is 2. The van der Waals surface area contributed by atoms with Crippen LogP contribution in [-0.4, -0.2) is 14.9 Å². The minimum Gasteiger partial charge on any atom is -0.378 e. The highest BCUT2D eigenvalue weighted by molar-refractivity contribution is 5.53. The quantitative estimate of drug-likeness (QED) is 0.648. The highest BCUT2D eigenvalue weighted by Gasteiger charge is 2.15. The average molecular weight is 284 g/mol. The molecule has 8 heteroatoms. The molecule has 1 aromatic heterocycles. The van der Waals surface area contributed by atoms with E-state index in [0.29, 0.717) is 5.56 Å². The van der Waals surface area contributed by atoms with E-state index >= 15 is 0 Å². The summed E-state index contributed by atoms with van der Waals surface area (Å²) >= 11 is 0. The van der Waals surface area contributed by atoms with Crippen molar-refractivity contribution < 1.29 is 4.92 Å². The maximum absolute atomic E-state index is 10.6. The van der Waals surface area contributed by atoms with Gasteiger partial charge in [0.05, 0.1) is 22.6 Å². The fraction of sp³-hybridized carbons (Fsp3) is 0.154. The Hall–Kier alpha value is -3.21. The molecule has 2 aromatic rings. The summed E-state index contributed by atoms with van der Waals surface area (Å²) in [5.74, 6) is -0.0107. The molecule has 0 bridgehead atoms. The molecular weight excluding hydrogens is 272 g/mol. The number of hydrogen-bond acceptors (Lipinski definition) is 7. The Balaban J connectivity index is 2.19. The van der Waals surface area contributed by atoms with Crippen molar-refractivity contribution in [3.8, 4) is 6.07 Å². The lowest BCUT2D eigenvalue weighted by molar-refractivity contribution is -0.384. The molecule has 3 N–H and O–H groups in total. The molecule has 1 heterocycles. The van der Waals surface area contributed by atoms with Crippen molar-refractivity contribution in [3.63, 3.8) is 0 Å². The van der Waals surface area contributed by atoms with E-state index in [9.17, 15) is 10.1 Å². The number of benzene rings is 1. The second-order valence-electron chi connectivity index (χ2n) is 4.32. The molecule has 0 aliphatic carbocycles. The highest BCUT2D eigenvalue weighted by atomic mass is 16.6. The van der Waals surface area contributed by atoms with Gasteiger partial charge in [-0.2, -0.15) is 10.2 Å². The molecule has 1 unspecified atom stereocenters. The molecule has 0 saturated carbocycles. The fourth-order valence-corrected chi connectivity index (χ4v) is 1.75. The van der Waals surface area contributed by atoms with Crippen LogP contribution in [0.3, 0.4) is 0 Å². The lowest BCUT2D eigenvalue weighted by Gasteiger charge is -2.14. The SMILES string of the molecule is CC(Nc1ncc([N+](=O)[O-])c(N)n1)c1cccc(C#N)c1. The molecule has 0 saturated heterocycles. The number of nitrogens with two attached hydrogens (primary N) is 1. The van der Waals surface area contributed by atoms with Gasteiger partial charge in [0.25, 0.3) is 0 Å². The van der Waals surface area contributed by atoms with E-state index in [2.05, 4.69) is 21.4 Å². The molecular formula is C13H12N6O2. The van der Waals surface area contributed by atoms with Crippen molar-refractivity contribution >= 4 is 17.5 Å². The molecule has 0 amide bonds. The van der Waals surface area contributed by atoms with Crippen LogP contribution in [0.1, 0.15) is 24.1 Å². The molecule has 21 heavy (non-hydrogen) atoms. The van der Waals surface area contributed by atoms with Gasteiger partial charge < -0.3 is 11.1 Å². The standard InChI is InChI=1S/C13H12N6O2/c1-8(10-4-2-3-9(5-10)6-14)17-13-16-7-11(19(20)21)12(15)18-13/h2-5,7-8H,1H3,(H3,15,16,17,18). The van der Waals surface area contributed by atoms with Gasteiger partial charge in [-0.05, 0) is 24.6 Å². The average Bonchev–Trinajstić information content (AvgIpc) is 2.47. The minimum absolute atomic E-state index is 0.181. The van der Waals surface area contributed by atoms with E-state index in [1.165, 1.54) is 0 Å². The van der Waals surface area contributed by atoms with E-state index in [4.69, 9.17) is 11.0 Å². The zero-order valence-electron chi connectivity index (χ0n) is 11.1. The molecule has 8 nitrogen and oxygen atoms in total. The second kappa shape index (κ2) is 5.83. The molecule has 106 valence electrons. The van der Waals surface area contributed by atoms with Crippen LogP contribution in [-0.2, 0) is 0 Å². The Morgan fingerprint density at radius 3 is 2.90 bits per heavy atom. The van der Waals surface area contributed by atoms with Gasteiger partial charge in [0.2, 0.25) is 11.8 Å². The van der Waals surface area contributed by atoms with Crippen LogP contribution in [0.25, 0.3) is 0 Å². The first-order valence-corrected chi connectivity index (χ1v) is 6.04. The number of hydrogen-bond donors (Lipinski definition) is 2. The van der Waals surface area contributed by atoms with Crippen LogP contribution in [0.15, 0.2) is 30.5 Å². The third kappa shape index (κ3) is 3.22. The number of nitrogens with one attached hydrogen (secondary N) is 1. The van der Waals surface area contributed by atoms with Gasteiger partial charge in [-0.1, -0.05) is 12.1 Å². The number of nitrogen functional groups attached to an aromatic ring is 1. The van der Waals surface area contributed by atoms with Crippen LogP contribution in [0.4, 0.5) is 17.5 Å². The lowest BCUT2D eigenvalue weighted by atomic mass is 10.1. The number of rotatable bonds is 4. The predicted molar refractivity (Wildman–Crippen MR) is 76.3 cm³/mol. The Morgan fingerprint density at radius 2 is 2.29 bits per heavy atom.